The summed E-state index contributed by atoms with van der Waals surface area (Å²) in [5, 5.41) is 0.727. The lowest BCUT2D eigenvalue weighted by Gasteiger charge is -2.09. The molecule has 0 bridgehead atoms. The molecule has 100 valence electrons. The van der Waals surface area contributed by atoms with E-state index in [-0.39, 0.29) is 0 Å². The summed E-state index contributed by atoms with van der Waals surface area (Å²) in [6.07, 6.45) is 3.16. The first-order valence-electron chi connectivity index (χ1n) is 5.63. The van der Waals surface area contributed by atoms with Crippen LogP contribution in [0.4, 0.5) is 5.69 Å². The SMILES string of the molecule is Nc1cc(Cl)c(Cl)cc1Oc1ccc2nccnc2n1. The van der Waals surface area contributed by atoms with Gasteiger partial charge in [0.25, 0.3) is 0 Å². The van der Waals surface area contributed by atoms with Crippen molar-refractivity contribution in [2.75, 3.05) is 5.73 Å². The zero-order valence-corrected chi connectivity index (χ0v) is 11.6. The molecular weight excluding hydrogens is 299 g/mol. The molecule has 0 aliphatic heterocycles. The summed E-state index contributed by atoms with van der Waals surface area (Å²) >= 11 is 11.8. The third-order valence-corrected chi connectivity index (χ3v) is 3.30. The van der Waals surface area contributed by atoms with Crippen molar-refractivity contribution in [3.8, 4) is 11.6 Å². The second-order valence-corrected chi connectivity index (χ2v) is 4.77. The van der Waals surface area contributed by atoms with Gasteiger partial charge < -0.3 is 10.5 Å². The maximum Gasteiger partial charge on any atom is 0.221 e. The van der Waals surface area contributed by atoms with E-state index in [0.717, 1.165) is 0 Å². The molecule has 3 aromatic rings. The van der Waals surface area contributed by atoms with Crippen LogP contribution in [0.2, 0.25) is 10.0 Å². The van der Waals surface area contributed by atoms with Gasteiger partial charge in [-0.3, -0.25) is 4.98 Å². The Morgan fingerprint density at radius 1 is 1.00 bits per heavy atom. The largest absolute Gasteiger partial charge is 0.437 e. The molecule has 0 saturated heterocycles. The van der Waals surface area contributed by atoms with Crippen LogP contribution in [0, 0.1) is 0 Å². The average Bonchev–Trinajstić information content (AvgIpc) is 2.44. The van der Waals surface area contributed by atoms with Crippen LogP contribution in [0.1, 0.15) is 0 Å². The normalized spacial score (nSPS) is 10.7. The number of aromatic nitrogens is 3. The minimum absolute atomic E-state index is 0.350. The fraction of sp³-hybridized carbons (Fsp3) is 0. The quantitative estimate of drug-likeness (QED) is 0.731. The van der Waals surface area contributed by atoms with Crippen molar-refractivity contribution in [3.63, 3.8) is 0 Å². The number of anilines is 1. The molecular formula is C13H8Cl2N4O. The molecule has 7 heteroatoms. The number of halogens is 2. The Morgan fingerprint density at radius 2 is 1.75 bits per heavy atom. The van der Waals surface area contributed by atoms with E-state index < -0.39 is 0 Å². The van der Waals surface area contributed by atoms with E-state index in [1.165, 1.54) is 6.07 Å². The molecule has 0 amide bonds. The van der Waals surface area contributed by atoms with Gasteiger partial charge >= 0.3 is 0 Å². The molecule has 2 N–H and O–H groups in total. The Hall–Kier alpha value is -2.11. The standard InChI is InChI=1S/C13H8Cl2N4O/c14-7-5-9(16)11(6-8(7)15)20-12-2-1-10-13(19-12)18-4-3-17-10/h1-6H,16H2. The highest BCUT2D eigenvalue weighted by atomic mass is 35.5. The van der Waals surface area contributed by atoms with Gasteiger partial charge in [-0.25, -0.2) is 4.98 Å². The minimum Gasteiger partial charge on any atom is -0.437 e. The zero-order chi connectivity index (χ0) is 14.1. The van der Waals surface area contributed by atoms with E-state index in [0.29, 0.717) is 38.5 Å². The van der Waals surface area contributed by atoms with Gasteiger partial charge in [0.1, 0.15) is 5.52 Å². The highest BCUT2D eigenvalue weighted by Gasteiger charge is 2.09. The summed E-state index contributed by atoms with van der Waals surface area (Å²) in [7, 11) is 0. The number of nitrogen functional groups attached to an aromatic ring is 1. The molecule has 0 fully saturated rings. The van der Waals surface area contributed by atoms with Crippen molar-refractivity contribution in [3.05, 3.63) is 46.7 Å². The second kappa shape index (κ2) is 5.11. The van der Waals surface area contributed by atoms with Gasteiger partial charge in [-0.1, -0.05) is 23.2 Å². The van der Waals surface area contributed by atoms with Crippen LogP contribution in [0.3, 0.4) is 0 Å². The van der Waals surface area contributed by atoms with Crippen LogP contribution in [0.25, 0.3) is 11.2 Å². The summed E-state index contributed by atoms with van der Waals surface area (Å²) in [5.74, 6) is 0.734. The van der Waals surface area contributed by atoms with Crippen LogP contribution >= 0.6 is 23.2 Å². The molecule has 2 heterocycles. The molecule has 0 aliphatic rings. The number of nitrogens with zero attached hydrogens (tertiary/aromatic N) is 3. The van der Waals surface area contributed by atoms with Crippen molar-refractivity contribution in [2.24, 2.45) is 0 Å². The van der Waals surface area contributed by atoms with E-state index in [1.807, 2.05) is 0 Å². The van der Waals surface area contributed by atoms with Crippen LogP contribution in [-0.2, 0) is 0 Å². The second-order valence-electron chi connectivity index (χ2n) is 3.95. The van der Waals surface area contributed by atoms with Crippen LogP contribution in [0.15, 0.2) is 36.7 Å². The highest BCUT2D eigenvalue weighted by molar-refractivity contribution is 6.42. The lowest BCUT2D eigenvalue weighted by Crippen LogP contribution is -1.95. The third-order valence-electron chi connectivity index (χ3n) is 2.57. The Kier molecular flexibility index (Phi) is 3.30. The lowest BCUT2D eigenvalue weighted by molar-refractivity contribution is 0.467. The Morgan fingerprint density at radius 3 is 2.60 bits per heavy atom. The first kappa shape index (κ1) is 12.9. The van der Waals surface area contributed by atoms with Crippen molar-refractivity contribution in [2.45, 2.75) is 0 Å². The van der Waals surface area contributed by atoms with Crippen molar-refractivity contribution in [1.29, 1.82) is 0 Å². The summed E-state index contributed by atoms with van der Waals surface area (Å²) in [5.41, 5.74) is 7.37. The molecule has 0 unspecified atom stereocenters. The van der Waals surface area contributed by atoms with Gasteiger partial charge in [-0.05, 0) is 12.1 Å². The third kappa shape index (κ3) is 2.45. The van der Waals surface area contributed by atoms with E-state index in [4.69, 9.17) is 33.7 Å². The Bertz CT molecular complexity index is 794. The number of fused-ring (bicyclic) bond motifs is 1. The predicted octanol–water partition coefficient (Wildman–Crippen LogP) is 3.71. The maximum atomic E-state index is 5.94. The minimum atomic E-state index is 0.350. The number of ether oxygens (including phenoxy) is 1. The van der Waals surface area contributed by atoms with Crippen molar-refractivity contribution in [1.82, 2.24) is 15.0 Å². The predicted molar refractivity (Wildman–Crippen MR) is 78.3 cm³/mol. The van der Waals surface area contributed by atoms with Crippen LogP contribution in [0.5, 0.6) is 11.6 Å². The molecule has 5 nitrogen and oxygen atoms in total. The lowest BCUT2D eigenvalue weighted by atomic mass is 10.3. The van der Waals surface area contributed by atoms with Gasteiger partial charge in [0, 0.05) is 24.5 Å². The number of hydrogen-bond acceptors (Lipinski definition) is 5. The van der Waals surface area contributed by atoms with Gasteiger partial charge in [0.05, 0.1) is 15.7 Å². The van der Waals surface area contributed by atoms with Gasteiger partial charge in [0.15, 0.2) is 11.4 Å². The highest BCUT2D eigenvalue weighted by Crippen LogP contribution is 2.34. The van der Waals surface area contributed by atoms with Gasteiger partial charge in [-0.2, -0.15) is 4.98 Å². The number of benzene rings is 1. The fourth-order valence-corrected chi connectivity index (χ4v) is 1.96. The van der Waals surface area contributed by atoms with Crippen LogP contribution in [-0.4, -0.2) is 15.0 Å². The van der Waals surface area contributed by atoms with Gasteiger partial charge in [0.2, 0.25) is 5.88 Å². The first-order chi connectivity index (χ1) is 9.63. The summed E-state index contributed by atoms with van der Waals surface area (Å²) < 4.78 is 5.61. The Labute approximate surface area is 124 Å². The molecule has 0 atom stereocenters. The summed E-state index contributed by atoms with van der Waals surface area (Å²) in [6, 6.07) is 6.51. The molecule has 0 aliphatic carbocycles. The van der Waals surface area contributed by atoms with E-state index in [1.54, 1.807) is 30.6 Å². The molecule has 1 aromatic carbocycles. The fourth-order valence-electron chi connectivity index (χ4n) is 1.64. The molecule has 3 rings (SSSR count). The number of hydrogen-bond donors (Lipinski definition) is 1. The van der Waals surface area contributed by atoms with E-state index in [9.17, 15) is 0 Å². The zero-order valence-electron chi connectivity index (χ0n) is 10.0. The monoisotopic (exact) mass is 306 g/mol. The Balaban J connectivity index is 1.99. The van der Waals surface area contributed by atoms with Crippen molar-refractivity contribution < 1.29 is 4.74 Å². The van der Waals surface area contributed by atoms with Crippen LogP contribution < -0.4 is 10.5 Å². The summed E-state index contributed by atoms with van der Waals surface area (Å²) in [4.78, 5) is 12.5. The van der Waals surface area contributed by atoms with E-state index >= 15 is 0 Å². The molecule has 20 heavy (non-hydrogen) atoms. The maximum absolute atomic E-state index is 5.94. The topological polar surface area (TPSA) is 73.9 Å². The van der Waals surface area contributed by atoms with Crippen molar-refractivity contribution >= 4 is 40.1 Å². The summed E-state index contributed by atoms with van der Waals surface area (Å²) in [6.45, 7) is 0. The molecule has 0 spiro atoms. The van der Waals surface area contributed by atoms with Gasteiger partial charge in [-0.15, -0.1) is 0 Å². The number of rotatable bonds is 2. The molecule has 0 radical (unpaired) electrons. The smallest absolute Gasteiger partial charge is 0.221 e. The van der Waals surface area contributed by atoms with E-state index in [2.05, 4.69) is 15.0 Å². The average molecular weight is 307 g/mol. The molecule has 0 saturated carbocycles. The first-order valence-corrected chi connectivity index (χ1v) is 6.39. The molecule has 2 aromatic heterocycles. The number of nitrogens with two attached hydrogens (primary N) is 1. The number of pyridine rings is 1.